The molecule has 0 saturated carbocycles. The van der Waals surface area contributed by atoms with Crippen molar-refractivity contribution in [3.63, 3.8) is 0 Å². The fourth-order valence-electron chi connectivity index (χ4n) is 2.57. The molecular weight excluding hydrogens is 322 g/mol. The second kappa shape index (κ2) is 8.55. The molecule has 2 rings (SSSR count). The van der Waals surface area contributed by atoms with Gasteiger partial charge in [-0.3, -0.25) is 4.79 Å². The molecule has 1 N–H and O–H groups in total. The van der Waals surface area contributed by atoms with Gasteiger partial charge in [0, 0.05) is 29.7 Å². The summed E-state index contributed by atoms with van der Waals surface area (Å²) in [5.74, 6) is 0.587. The molecule has 0 spiro atoms. The fourth-order valence-corrected chi connectivity index (χ4v) is 2.57. The summed E-state index contributed by atoms with van der Waals surface area (Å²) in [7, 11) is 0. The maximum absolute atomic E-state index is 11.8. The molecule has 136 valence electrons. The number of carbonyl (C=O) groups is 2. The summed E-state index contributed by atoms with van der Waals surface area (Å²) in [6, 6.07) is 3.81. The highest BCUT2D eigenvalue weighted by molar-refractivity contribution is 5.89. The monoisotopic (exact) mass is 347 g/mol. The van der Waals surface area contributed by atoms with E-state index in [1.54, 1.807) is 6.08 Å². The van der Waals surface area contributed by atoms with Crippen LogP contribution in [0.1, 0.15) is 38.8 Å². The van der Waals surface area contributed by atoms with Gasteiger partial charge in [-0.05, 0) is 45.9 Å². The van der Waals surface area contributed by atoms with E-state index in [-0.39, 0.29) is 24.7 Å². The molecule has 0 aromatic heterocycles. The highest BCUT2D eigenvalue weighted by Gasteiger charge is 2.21. The number of carbonyl (C=O) groups excluding carboxylic acids is 2. The van der Waals surface area contributed by atoms with E-state index in [1.807, 2.05) is 39.8 Å². The van der Waals surface area contributed by atoms with Crippen molar-refractivity contribution in [1.29, 1.82) is 0 Å². The number of amides is 1. The summed E-state index contributed by atoms with van der Waals surface area (Å²) < 4.78 is 16.3. The number of benzene rings is 1. The van der Waals surface area contributed by atoms with Gasteiger partial charge in [-0.25, -0.2) is 4.79 Å². The molecule has 0 bridgehead atoms. The number of esters is 1. The van der Waals surface area contributed by atoms with Crippen LogP contribution < -0.4 is 14.8 Å². The van der Waals surface area contributed by atoms with Gasteiger partial charge in [0.2, 0.25) is 0 Å². The van der Waals surface area contributed by atoms with Crippen LogP contribution in [0.25, 0.3) is 6.08 Å². The Morgan fingerprint density at radius 1 is 1.40 bits per heavy atom. The van der Waals surface area contributed by atoms with Gasteiger partial charge < -0.3 is 19.5 Å². The van der Waals surface area contributed by atoms with Gasteiger partial charge in [-0.1, -0.05) is 0 Å². The summed E-state index contributed by atoms with van der Waals surface area (Å²) in [6.45, 7) is 7.81. The normalized spacial score (nSPS) is 15.8. The fraction of sp³-hybridized carbons (Fsp3) is 0.474. The van der Waals surface area contributed by atoms with E-state index in [1.165, 1.54) is 6.08 Å². The smallest absolute Gasteiger partial charge is 0.331 e. The molecule has 1 aliphatic rings. The van der Waals surface area contributed by atoms with Gasteiger partial charge in [0.25, 0.3) is 5.91 Å². The van der Waals surface area contributed by atoms with E-state index >= 15 is 0 Å². The summed E-state index contributed by atoms with van der Waals surface area (Å²) in [5.41, 5.74) is 1.83. The lowest BCUT2D eigenvalue weighted by molar-refractivity contribution is -0.143. The maximum atomic E-state index is 11.8. The first kappa shape index (κ1) is 18.8. The molecule has 0 fully saturated rings. The molecule has 1 atom stereocenters. The molecule has 0 unspecified atom stereocenters. The van der Waals surface area contributed by atoms with Gasteiger partial charge in [0.05, 0.1) is 6.61 Å². The zero-order valence-corrected chi connectivity index (χ0v) is 15.1. The Morgan fingerprint density at radius 2 is 2.16 bits per heavy atom. The van der Waals surface area contributed by atoms with Gasteiger partial charge in [0.15, 0.2) is 6.61 Å². The Kier molecular flexibility index (Phi) is 6.44. The minimum Gasteiger partial charge on any atom is -0.493 e. The van der Waals surface area contributed by atoms with Crippen LogP contribution in [0.15, 0.2) is 18.2 Å². The van der Waals surface area contributed by atoms with Gasteiger partial charge in [-0.15, -0.1) is 0 Å². The quantitative estimate of drug-likeness (QED) is 0.606. The van der Waals surface area contributed by atoms with Gasteiger partial charge in [-0.2, -0.15) is 0 Å². The van der Waals surface area contributed by atoms with Crippen molar-refractivity contribution in [2.45, 2.75) is 46.3 Å². The number of nitrogens with one attached hydrogen (secondary N) is 1. The third-order valence-electron chi connectivity index (χ3n) is 3.52. The Morgan fingerprint density at radius 3 is 2.84 bits per heavy atom. The number of fused-ring (bicyclic) bond motifs is 1. The third-order valence-corrected chi connectivity index (χ3v) is 3.52. The van der Waals surface area contributed by atoms with Crippen LogP contribution in [0, 0.1) is 0 Å². The largest absolute Gasteiger partial charge is 0.493 e. The average Bonchev–Trinajstić information content (AvgIpc) is 2.89. The third kappa shape index (κ3) is 5.52. The van der Waals surface area contributed by atoms with E-state index in [9.17, 15) is 9.59 Å². The topological polar surface area (TPSA) is 73.9 Å². The lowest BCUT2D eigenvalue weighted by atomic mass is 10.1. The van der Waals surface area contributed by atoms with E-state index in [2.05, 4.69) is 5.32 Å². The van der Waals surface area contributed by atoms with Crippen LogP contribution in [0.5, 0.6) is 11.5 Å². The van der Waals surface area contributed by atoms with Crippen molar-refractivity contribution < 1.29 is 23.8 Å². The average molecular weight is 347 g/mol. The van der Waals surface area contributed by atoms with Crippen LogP contribution in [-0.4, -0.2) is 37.2 Å². The first-order chi connectivity index (χ1) is 11.9. The summed E-state index contributed by atoms with van der Waals surface area (Å²) in [5, 5.41) is 2.65. The van der Waals surface area contributed by atoms with Crippen molar-refractivity contribution in [1.82, 2.24) is 5.32 Å². The molecule has 6 heteroatoms. The molecular formula is C19H25NO5. The maximum Gasteiger partial charge on any atom is 0.331 e. The van der Waals surface area contributed by atoms with Crippen molar-refractivity contribution in [3.05, 3.63) is 29.3 Å². The second-order valence-corrected chi connectivity index (χ2v) is 6.23. The minimum atomic E-state index is -0.587. The number of ether oxygens (including phenoxy) is 3. The highest BCUT2D eigenvalue weighted by Crippen LogP contribution is 2.35. The van der Waals surface area contributed by atoms with Crippen LogP contribution in [-0.2, 0) is 20.7 Å². The lowest BCUT2D eigenvalue weighted by Crippen LogP contribution is -2.33. The van der Waals surface area contributed by atoms with Gasteiger partial charge in [0.1, 0.15) is 17.6 Å². The molecule has 1 aliphatic heterocycles. The molecule has 1 heterocycles. The zero-order chi connectivity index (χ0) is 18.4. The summed E-state index contributed by atoms with van der Waals surface area (Å²) >= 11 is 0. The first-order valence-corrected chi connectivity index (χ1v) is 8.49. The predicted octanol–water partition coefficient (Wildman–Crippen LogP) is 2.49. The zero-order valence-electron chi connectivity index (χ0n) is 15.1. The van der Waals surface area contributed by atoms with Crippen LogP contribution in [0.3, 0.4) is 0 Å². The Bertz CT molecular complexity index is 666. The first-order valence-electron chi connectivity index (χ1n) is 8.49. The molecule has 1 aromatic carbocycles. The standard InChI is InChI=1S/C19H25NO5/c1-5-23-16-10-15-8-13(4)25-17(15)9-14(16)6-7-19(22)24-11-18(21)20-12(2)3/h6-7,9-10,12-13H,5,8,11H2,1-4H3,(H,20,21)/b7-6+/t13-/m1/s1. The molecule has 1 aromatic rings. The van der Waals surface area contributed by atoms with Crippen molar-refractivity contribution in [2.75, 3.05) is 13.2 Å². The summed E-state index contributed by atoms with van der Waals surface area (Å²) in [6.07, 6.45) is 3.87. The van der Waals surface area contributed by atoms with E-state index < -0.39 is 5.97 Å². The lowest BCUT2D eigenvalue weighted by Gasteiger charge is -2.10. The molecule has 6 nitrogen and oxygen atoms in total. The van der Waals surface area contributed by atoms with Crippen molar-refractivity contribution in [2.24, 2.45) is 0 Å². The van der Waals surface area contributed by atoms with Gasteiger partial charge >= 0.3 is 5.97 Å². The number of rotatable bonds is 7. The van der Waals surface area contributed by atoms with E-state index in [0.29, 0.717) is 12.4 Å². The van der Waals surface area contributed by atoms with Crippen LogP contribution in [0.2, 0.25) is 0 Å². The molecule has 25 heavy (non-hydrogen) atoms. The molecule has 0 aliphatic carbocycles. The highest BCUT2D eigenvalue weighted by atomic mass is 16.5. The van der Waals surface area contributed by atoms with Crippen LogP contribution in [0.4, 0.5) is 0 Å². The van der Waals surface area contributed by atoms with Crippen molar-refractivity contribution >= 4 is 18.0 Å². The number of hydrogen-bond acceptors (Lipinski definition) is 5. The molecule has 1 amide bonds. The minimum absolute atomic E-state index is 0.00398. The Hall–Kier alpha value is -2.50. The summed E-state index contributed by atoms with van der Waals surface area (Å²) in [4.78, 5) is 23.3. The van der Waals surface area contributed by atoms with E-state index in [0.717, 1.165) is 23.3 Å². The van der Waals surface area contributed by atoms with Crippen LogP contribution >= 0.6 is 0 Å². The molecule has 0 radical (unpaired) electrons. The Balaban J connectivity index is 2.03. The SMILES string of the molecule is CCOc1cc2c(cc1/C=C/C(=O)OCC(=O)NC(C)C)O[C@H](C)C2. The van der Waals surface area contributed by atoms with E-state index in [4.69, 9.17) is 14.2 Å². The second-order valence-electron chi connectivity index (χ2n) is 6.23. The van der Waals surface area contributed by atoms with Crippen molar-refractivity contribution in [3.8, 4) is 11.5 Å². The number of hydrogen-bond donors (Lipinski definition) is 1. The molecule has 0 saturated heterocycles. The predicted molar refractivity (Wildman–Crippen MR) is 94.7 cm³/mol. The Labute approximate surface area is 148 Å².